The molecule has 0 aliphatic rings. The second-order valence-electron chi connectivity index (χ2n) is 11.8. The summed E-state index contributed by atoms with van der Waals surface area (Å²) >= 11 is 0. The lowest BCUT2D eigenvalue weighted by molar-refractivity contribution is -0.124. The number of aliphatic hydroxyl groups is 3. The molecule has 0 aromatic carbocycles. The second-order valence-corrected chi connectivity index (χ2v) is 11.8. The summed E-state index contributed by atoms with van der Waals surface area (Å²) in [4.78, 5) is 12.3. The van der Waals surface area contributed by atoms with Crippen molar-refractivity contribution in [2.24, 2.45) is 0 Å². The van der Waals surface area contributed by atoms with Gasteiger partial charge in [-0.05, 0) is 32.1 Å². The van der Waals surface area contributed by atoms with Crippen LogP contribution >= 0.6 is 0 Å². The minimum Gasteiger partial charge on any atom is -0.394 e. The van der Waals surface area contributed by atoms with Gasteiger partial charge in [-0.2, -0.15) is 0 Å². The molecule has 4 N–H and O–H groups in total. The predicted molar refractivity (Wildman–Crippen MR) is 171 cm³/mol. The Hall–Kier alpha value is -1.17. The Morgan fingerprint density at radius 1 is 0.625 bits per heavy atom. The summed E-state index contributed by atoms with van der Waals surface area (Å²) in [5.74, 6) is -0.328. The van der Waals surface area contributed by atoms with Gasteiger partial charge in [-0.15, -0.1) is 0 Å². The minimum atomic E-state index is -0.945. The number of unbranched alkanes of at least 4 members (excludes halogenated alkanes) is 19. The van der Waals surface area contributed by atoms with Crippen LogP contribution in [0.25, 0.3) is 0 Å². The van der Waals surface area contributed by atoms with Crippen LogP contribution in [0.1, 0.15) is 168 Å². The second kappa shape index (κ2) is 30.8. The highest BCUT2D eigenvalue weighted by molar-refractivity contribution is 5.76. The Bertz CT molecular complexity index is 592. The largest absolute Gasteiger partial charge is 0.394 e. The van der Waals surface area contributed by atoms with E-state index in [-0.39, 0.29) is 18.9 Å². The van der Waals surface area contributed by atoms with Gasteiger partial charge < -0.3 is 20.6 Å². The smallest absolute Gasteiger partial charge is 0.222 e. The Labute approximate surface area is 248 Å². The van der Waals surface area contributed by atoms with Crippen molar-refractivity contribution in [1.82, 2.24) is 5.32 Å². The number of hydrogen-bond acceptors (Lipinski definition) is 4. The highest BCUT2D eigenvalue weighted by atomic mass is 16.3. The SMILES string of the molecule is CCCCCCCCC/C=C/CC/C=C/C(O)C(CO)NC(=O)CC(O)CCCCCCCCCCCCCC. The summed E-state index contributed by atoms with van der Waals surface area (Å²) in [6, 6.07) is -0.754. The molecule has 0 spiro atoms. The number of rotatable bonds is 30. The van der Waals surface area contributed by atoms with Gasteiger partial charge in [0.25, 0.3) is 0 Å². The van der Waals surface area contributed by atoms with Crippen LogP contribution in [0.3, 0.4) is 0 Å². The number of aliphatic hydroxyl groups excluding tert-OH is 3. The molecule has 0 bridgehead atoms. The van der Waals surface area contributed by atoms with E-state index in [0.717, 1.165) is 32.1 Å². The molecule has 5 nitrogen and oxygen atoms in total. The van der Waals surface area contributed by atoms with Gasteiger partial charge in [-0.1, -0.05) is 154 Å². The van der Waals surface area contributed by atoms with Gasteiger partial charge in [-0.3, -0.25) is 4.79 Å². The fourth-order valence-electron chi connectivity index (χ4n) is 5.06. The van der Waals surface area contributed by atoms with E-state index in [1.807, 2.05) is 6.08 Å². The van der Waals surface area contributed by atoms with E-state index in [0.29, 0.717) is 6.42 Å². The van der Waals surface area contributed by atoms with Crippen LogP contribution in [0.15, 0.2) is 24.3 Å². The number of hydrogen-bond donors (Lipinski definition) is 4. The molecule has 40 heavy (non-hydrogen) atoms. The third kappa shape index (κ3) is 27.0. The van der Waals surface area contributed by atoms with Gasteiger partial charge in [0.05, 0.1) is 31.3 Å². The van der Waals surface area contributed by atoms with Crippen molar-refractivity contribution in [3.05, 3.63) is 24.3 Å². The fraction of sp³-hybridized carbons (Fsp3) is 0.857. The molecule has 0 aliphatic carbocycles. The first-order valence-electron chi connectivity index (χ1n) is 17.1. The molecule has 1 amide bonds. The summed E-state index contributed by atoms with van der Waals surface area (Å²) in [5, 5.41) is 32.9. The summed E-state index contributed by atoms with van der Waals surface area (Å²) in [6.07, 6.45) is 34.4. The van der Waals surface area contributed by atoms with Crippen molar-refractivity contribution in [3.8, 4) is 0 Å². The quantitative estimate of drug-likeness (QED) is 0.0518. The first-order chi connectivity index (χ1) is 19.5. The standard InChI is InChI=1S/C35H67NO4/c1-3-5-7-9-11-13-15-17-19-21-23-25-27-29-34(39)33(31-37)36-35(40)30-32(38)28-26-24-22-20-18-16-14-12-10-8-6-4-2/h19,21,27,29,32-34,37-39H,3-18,20,22-26,28,30-31H2,1-2H3,(H,36,40)/b21-19+,29-27+. The first kappa shape index (κ1) is 38.8. The van der Waals surface area contributed by atoms with E-state index >= 15 is 0 Å². The molecule has 3 atom stereocenters. The Morgan fingerprint density at radius 3 is 1.60 bits per heavy atom. The number of allylic oxidation sites excluding steroid dienone is 3. The maximum atomic E-state index is 12.3. The van der Waals surface area contributed by atoms with E-state index in [1.165, 1.54) is 109 Å². The zero-order chi connectivity index (χ0) is 29.5. The molecule has 0 aromatic heterocycles. The molecular weight excluding hydrogens is 498 g/mol. The minimum absolute atomic E-state index is 0.00843. The molecule has 0 aliphatic heterocycles. The van der Waals surface area contributed by atoms with Crippen LogP contribution in [-0.4, -0.2) is 46.1 Å². The predicted octanol–water partition coefficient (Wildman–Crippen LogP) is 8.70. The highest BCUT2D eigenvalue weighted by Crippen LogP contribution is 2.14. The van der Waals surface area contributed by atoms with Crippen LogP contribution in [0.5, 0.6) is 0 Å². The molecule has 0 fully saturated rings. The number of amides is 1. The number of carbonyl (C=O) groups excluding carboxylic acids is 1. The fourth-order valence-corrected chi connectivity index (χ4v) is 5.06. The summed E-state index contributed by atoms with van der Waals surface area (Å²) < 4.78 is 0. The molecule has 5 heteroatoms. The molecule has 3 unspecified atom stereocenters. The van der Waals surface area contributed by atoms with Gasteiger partial charge in [0.1, 0.15) is 0 Å². The van der Waals surface area contributed by atoms with Crippen molar-refractivity contribution in [2.45, 2.75) is 186 Å². The maximum absolute atomic E-state index is 12.3. The Balaban J connectivity index is 3.82. The van der Waals surface area contributed by atoms with Crippen molar-refractivity contribution >= 4 is 5.91 Å². The van der Waals surface area contributed by atoms with Crippen LogP contribution in [-0.2, 0) is 4.79 Å². The van der Waals surface area contributed by atoms with Crippen molar-refractivity contribution in [3.63, 3.8) is 0 Å². The van der Waals surface area contributed by atoms with Crippen LogP contribution in [0.4, 0.5) is 0 Å². The lowest BCUT2D eigenvalue weighted by Crippen LogP contribution is -2.45. The lowest BCUT2D eigenvalue weighted by atomic mass is 10.0. The zero-order valence-electron chi connectivity index (χ0n) is 26.5. The van der Waals surface area contributed by atoms with Gasteiger partial charge in [0.15, 0.2) is 0 Å². The Kier molecular flexibility index (Phi) is 29.9. The lowest BCUT2D eigenvalue weighted by Gasteiger charge is -2.21. The Morgan fingerprint density at radius 2 is 1.07 bits per heavy atom. The molecule has 0 saturated heterocycles. The monoisotopic (exact) mass is 566 g/mol. The van der Waals surface area contributed by atoms with Crippen LogP contribution < -0.4 is 5.32 Å². The maximum Gasteiger partial charge on any atom is 0.222 e. The van der Waals surface area contributed by atoms with Gasteiger partial charge in [0, 0.05) is 0 Å². The molecular formula is C35H67NO4. The summed E-state index contributed by atoms with van der Waals surface area (Å²) in [6.45, 7) is 4.16. The molecule has 0 aromatic rings. The summed E-state index contributed by atoms with van der Waals surface area (Å²) in [5.41, 5.74) is 0. The third-order valence-electron chi connectivity index (χ3n) is 7.74. The van der Waals surface area contributed by atoms with Gasteiger partial charge >= 0.3 is 0 Å². The van der Waals surface area contributed by atoms with E-state index in [4.69, 9.17) is 0 Å². The number of carbonyl (C=O) groups is 1. The van der Waals surface area contributed by atoms with Crippen LogP contribution in [0, 0.1) is 0 Å². The average Bonchev–Trinajstić information content (AvgIpc) is 2.94. The summed E-state index contributed by atoms with van der Waals surface area (Å²) in [7, 11) is 0. The van der Waals surface area contributed by atoms with E-state index in [1.54, 1.807) is 6.08 Å². The molecule has 0 saturated carbocycles. The molecule has 0 rings (SSSR count). The van der Waals surface area contributed by atoms with E-state index in [9.17, 15) is 20.1 Å². The van der Waals surface area contributed by atoms with E-state index < -0.39 is 18.2 Å². The zero-order valence-corrected chi connectivity index (χ0v) is 26.5. The van der Waals surface area contributed by atoms with Crippen molar-refractivity contribution < 1.29 is 20.1 Å². The first-order valence-corrected chi connectivity index (χ1v) is 17.1. The van der Waals surface area contributed by atoms with Gasteiger partial charge in [0.2, 0.25) is 5.91 Å². The number of nitrogens with one attached hydrogen (secondary N) is 1. The van der Waals surface area contributed by atoms with Crippen molar-refractivity contribution in [2.75, 3.05) is 6.61 Å². The third-order valence-corrected chi connectivity index (χ3v) is 7.74. The average molecular weight is 566 g/mol. The van der Waals surface area contributed by atoms with E-state index in [2.05, 4.69) is 31.3 Å². The topological polar surface area (TPSA) is 89.8 Å². The molecule has 236 valence electrons. The van der Waals surface area contributed by atoms with Crippen molar-refractivity contribution in [1.29, 1.82) is 0 Å². The normalized spacial score (nSPS) is 14.2. The molecule has 0 heterocycles. The van der Waals surface area contributed by atoms with Gasteiger partial charge in [-0.25, -0.2) is 0 Å². The van der Waals surface area contributed by atoms with Crippen LogP contribution in [0.2, 0.25) is 0 Å². The molecule has 0 radical (unpaired) electrons. The highest BCUT2D eigenvalue weighted by Gasteiger charge is 2.20.